The third-order valence-corrected chi connectivity index (χ3v) is 4.56. The topological polar surface area (TPSA) is 60.2 Å². The molecule has 2 aliphatic rings. The van der Waals surface area contributed by atoms with Crippen LogP contribution in [0.3, 0.4) is 0 Å². The average molecular weight is 265 g/mol. The molecule has 1 N–H and O–H groups in total. The number of hydrogen-bond acceptors (Lipinski definition) is 5. The zero-order valence-electron chi connectivity index (χ0n) is 11.7. The standard InChI is InChI=1S/C14H23N3O2/c1-18-14(7-4-2-3-5-8-14)13-16-12(19-17-13)11-6-9-15-10-11/h11,15H,2-10H2,1H3. The smallest absolute Gasteiger partial charge is 0.231 e. The van der Waals surface area contributed by atoms with Crippen molar-refractivity contribution in [3.8, 4) is 0 Å². The van der Waals surface area contributed by atoms with Crippen molar-refractivity contribution in [2.24, 2.45) is 0 Å². The van der Waals surface area contributed by atoms with E-state index in [2.05, 4.69) is 15.5 Å². The Morgan fingerprint density at radius 2 is 2.05 bits per heavy atom. The quantitative estimate of drug-likeness (QED) is 0.850. The summed E-state index contributed by atoms with van der Waals surface area (Å²) in [7, 11) is 1.78. The van der Waals surface area contributed by atoms with E-state index in [-0.39, 0.29) is 5.60 Å². The first-order chi connectivity index (χ1) is 9.34. The lowest BCUT2D eigenvalue weighted by molar-refractivity contribution is -0.0365. The molecule has 1 unspecified atom stereocenters. The summed E-state index contributed by atoms with van der Waals surface area (Å²) in [5.41, 5.74) is -0.315. The summed E-state index contributed by atoms with van der Waals surface area (Å²) in [4.78, 5) is 4.66. The Labute approximate surface area is 114 Å². The number of nitrogens with one attached hydrogen (secondary N) is 1. The number of nitrogens with zero attached hydrogens (tertiary/aromatic N) is 2. The van der Waals surface area contributed by atoms with Gasteiger partial charge in [-0.2, -0.15) is 4.98 Å². The van der Waals surface area contributed by atoms with Crippen molar-refractivity contribution < 1.29 is 9.26 Å². The van der Waals surface area contributed by atoms with Gasteiger partial charge in [0.1, 0.15) is 5.60 Å². The van der Waals surface area contributed by atoms with E-state index in [1.54, 1.807) is 7.11 Å². The third kappa shape index (κ3) is 2.54. The van der Waals surface area contributed by atoms with Crippen molar-refractivity contribution >= 4 is 0 Å². The van der Waals surface area contributed by atoms with E-state index in [1.807, 2.05) is 0 Å². The van der Waals surface area contributed by atoms with Crippen molar-refractivity contribution in [3.05, 3.63) is 11.7 Å². The fourth-order valence-corrected chi connectivity index (χ4v) is 3.27. The highest BCUT2D eigenvalue weighted by Crippen LogP contribution is 2.38. The van der Waals surface area contributed by atoms with E-state index in [4.69, 9.17) is 9.26 Å². The molecule has 1 aliphatic carbocycles. The van der Waals surface area contributed by atoms with Gasteiger partial charge in [0, 0.05) is 13.7 Å². The van der Waals surface area contributed by atoms with Crippen molar-refractivity contribution in [3.63, 3.8) is 0 Å². The molecule has 2 fully saturated rings. The molecule has 1 saturated carbocycles. The van der Waals surface area contributed by atoms with Gasteiger partial charge in [-0.25, -0.2) is 0 Å². The molecule has 0 amide bonds. The average Bonchev–Trinajstić information content (AvgIpc) is 3.06. The van der Waals surface area contributed by atoms with E-state index in [9.17, 15) is 0 Å². The molecule has 106 valence electrons. The monoisotopic (exact) mass is 265 g/mol. The van der Waals surface area contributed by atoms with Crippen LogP contribution in [0.1, 0.15) is 62.6 Å². The van der Waals surface area contributed by atoms with Gasteiger partial charge < -0.3 is 14.6 Å². The summed E-state index contributed by atoms with van der Waals surface area (Å²) in [6.45, 7) is 1.99. The van der Waals surface area contributed by atoms with Crippen LogP contribution in [0.25, 0.3) is 0 Å². The second kappa shape index (κ2) is 5.59. The number of ether oxygens (including phenoxy) is 1. The Kier molecular flexibility index (Phi) is 3.84. The summed E-state index contributed by atoms with van der Waals surface area (Å²) < 4.78 is 11.3. The van der Waals surface area contributed by atoms with Gasteiger partial charge in [0.15, 0.2) is 0 Å². The molecule has 3 rings (SSSR count). The first kappa shape index (κ1) is 13.1. The SMILES string of the molecule is COC1(c2noc(C3CCNC3)n2)CCCCCC1. The van der Waals surface area contributed by atoms with Crippen LogP contribution < -0.4 is 5.32 Å². The molecule has 0 aromatic carbocycles. The summed E-state index contributed by atoms with van der Waals surface area (Å²) in [5, 5.41) is 7.56. The number of aromatic nitrogens is 2. The summed E-state index contributed by atoms with van der Waals surface area (Å²) in [5.74, 6) is 1.92. The van der Waals surface area contributed by atoms with Gasteiger partial charge >= 0.3 is 0 Å². The normalized spacial score (nSPS) is 27.3. The van der Waals surface area contributed by atoms with E-state index < -0.39 is 0 Å². The third-order valence-electron chi connectivity index (χ3n) is 4.56. The first-order valence-corrected chi connectivity index (χ1v) is 7.44. The largest absolute Gasteiger partial charge is 0.370 e. The zero-order valence-corrected chi connectivity index (χ0v) is 11.7. The zero-order chi connectivity index (χ0) is 13.1. The maximum absolute atomic E-state index is 5.82. The van der Waals surface area contributed by atoms with Crippen LogP contribution in [0.2, 0.25) is 0 Å². The van der Waals surface area contributed by atoms with Crippen molar-refractivity contribution in [2.45, 2.75) is 56.5 Å². The van der Waals surface area contributed by atoms with Crippen LogP contribution in [0.15, 0.2) is 4.52 Å². The van der Waals surface area contributed by atoms with Crippen molar-refractivity contribution in [1.29, 1.82) is 0 Å². The number of methoxy groups -OCH3 is 1. The molecule has 5 heteroatoms. The van der Waals surface area contributed by atoms with Crippen LogP contribution in [0.5, 0.6) is 0 Å². The lowest BCUT2D eigenvalue weighted by Crippen LogP contribution is -2.29. The highest BCUT2D eigenvalue weighted by Gasteiger charge is 2.38. The molecule has 1 aliphatic heterocycles. The fourth-order valence-electron chi connectivity index (χ4n) is 3.27. The molecule has 19 heavy (non-hydrogen) atoms. The summed E-state index contributed by atoms with van der Waals surface area (Å²) >= 11 is 0. The molecular weight excluding hydrogens is 242 g/mol. The van der Waals surface area contributed by atoms with Crippen LogP contribution in [-0.2, 0) is 10.3 Å². The van der Waals surface area contributed by atoms with Crippen molar-refractivity contribution in [1.82, 2.24) is 15.5 Å². The predicted octanol–water partition coefficient (Wildman–Crippen LogP) is 2.34. The van der Waals surface area contributed by atoms with Gasteiger partial charge in [-0.1, -0.05) is 30.8 Å². The van der Waals surface area contributed by atoms with E-state index in [0.717, 1.165) is 44.1 Å². The van der Waals surface area contributed by atoms with Crippen LogP contribution in [0.4, 0.5) is 0 Å². The Hall–Kier alpha value is -0.940. The van der Waals surface area contributed by atoms with Crippen LogP contribution >= 0.6 is 0 Å². The molecule has 0 spiro atoms. The minimum absolute atomic E-state index is 0.315. The van der Waals surface area contributed by atoms with E-state index in [0.29, 0.717) is 5.92 Å². The molecule has 0 bridgehead atoms. The molecule has 1 atom stereocenters. The molecular formula is C14H23N3O2. The van der Waals surface area contributed by atoms with Gasteiger partial charge in [-0.05, 0) is 25.8 Å². The lowest BCUT2D eigenvalue weighted by atomic mass is 9.93. The maximum atomic E-state index is 5.82. The molecule has 2 heterocycles. The van der Waals surface area contributed by atoms with Crippen LogP contribution in [-0.4, -0.2) is 30.3 Å². The van der Waals surface area contributed by atoms with Crippen molar-refractivity contribution in [2.75, 3.05) is 20.2 Å². The minimum atomic E-state index is -0.315. The molecule has 5 nitrogen and oxygen atoms in total. The van der Waals surface area contributed by atoms with Gasteiger partial charge in [0.2, 0.25) is 11.7 Å². The number of hydrogen-bond donors (Lipinski definition) is 1. The van der Waals surface area contributed by atoms with Gasteiger partial charge in [-0.15, -0.1) is 0 Å². The van der Waals surface area contributed by atoms with Crippen LogP contribution in [0, 0.1) is 0 Å². The van der Waals surface area contributed by atoms with E-state index in [1.165, 1.54) is 25.7 Å². The van der Waals surface area contributed by atoms with E-state index >= 15 is 0 Å². The Balaban J connectivity index is 1.82. The Morgan fingerprint density at radius 3 is 2.68 bits per heavy atom. The highest BCUT2D eigenvalue weighted by atomic mass is 16.5. The summed E-state index contributed by atoms with van der Waals surface area (Å²) in [6.07, 6.45) is 8.02. The Bertz CT molecular complexity index is 405. The predicted molar refractivity (Wildman–Crippen MR) is 70.9 cm³/mol. The van der Waals surface area contributed by atoms with Gasteiger partial charge in [0.05, 0.1) is 5.92 Å². The molecule has 1 saturated heterocycles. The second-order valence-electron chi connectivity index (χ2n) is 5.76. The molecule has 0 radical (unpaired) electrons. The fraction of sp³-hybridized carbons (Fsp3) is 0.857. The van der Waals surface area contributed by atoms with Gasteiger partial charge in [0.25, 0.3) is 0 Å². The highest BCUT2D eigenvalue weighted by molar-refractivity contribution is 5.06. The first-order valence-electron chi connectivity index (χ1n) is 7.44. The number of rotatable bonds is 3. The molecule has 1 aromatic rings. The Morgan fingerprint density at radius 1 is 1.26 bits per heavy atom. The van der Waals surface area contributed by atoms with Gasteiger partial charge in [-0.3, -0.25) is 0 Å². The maximum Gasteiger partial charge on any atom is 0.231 e. The summed E-state index contributed by atoms with van der Waals surface area (Å²) in [6, 6.07) is 0. The minimum Gasteiger partial charge on any atom is -0.370 e. The molecule has 1 aromatic heterocycles. The second-order valence-corrected chi connectivity index (χ2v) is 5.76. The lowest BCUT2D eigenvalue weighted by Gasteiger charge is -2.27.